The summed E-state index contributed by atoms with van der Waals surface area (Å²) in [6.07, 6.45) is 4.00. The van der Waals surface area contributed by atoms with Crippen molar-refractivity contribution in [1.82, 2.24) is 4.57 Å². The lowest BCUT2D eigenvalue weighted by Crippen LogP contribution is -2.19. The quantitative estimate of drug-likeness (QED) is 0.816. The Morgan fingerprint density at radius 1 is 1.27 bits per heavy atom. The highest BCUT2D eigenvalue weighted by Crippen LogP contribution is 2.30. The Labute approximate surface area is 127 Å². The summed E-state index contributed by atoms with van der Waals surface area (Å²) >= 11 is 0. The van der Waals surface area contributed by atoms with Crippen LogP contribution >= 0.6 is 0 Å². The van der Waals surface area contributed by atoms with Crippen LogP contribution in [0.3, 0.4) is 0 Å². The first-order chi connectivity index (χ1) is 10.6. The number of carbonyl (C=O) groups is 1. The summed E-state index contributed by atoms with van der Waals surface area (Å²) in [7, 11) is 1.25. The first-order valence-corrected chi connectivity index (χ1v) is 7.16. The molecule has 3 rings (SSSR count). The number of carbonyl (C=O) groups excluding carboxylic acids is 1. The van der Waals surface area contributed by atoms with Crippen molar-refractivity contribution in [3.63, 3.8) is 0 Å². The zero-order valence-corrected chi connectivity index (χ0v) is 12.2. The van der Waals surface area contributed by atoms with Gasteiger partial charge in [0.1, 0.15) is 5.82 Å². The van der Waals surface area contributed by atoms with E-state index in [2.05, 4.69) is 4.74 Å². The summed E-state index contributed by atoms with van der Waals surface area (Å²) in [6.45, 7) is 0.686. The summed E-state index contributed by atoms with van der Waals surface area (Å²) < 4.78 is 20.0. The Morgan fingerprint density at radius 3 is 2.73 bits per heavy atom. The van der Waals surface area contributed by atoms with E-state index in [4.69, 9.17) is 0 Å². The normalized spacial score (nSPS) is 13.9. The van der Waals surface area contributed by atoms with Gasteiger partial charge in [0.05, 0.1) is 12.7 Å². The van der Waals surface area contributed by atoms with E-state index in [0.29, 0.717) is 23.6 Å². The second-order valence-corrected chi connectivity index (χ2v) is 5.57. The Bertz CT molecular complexity index is 778. The Hall–Kier alpha value is -2.43. The summed E-state index contributed by atoms with van der Waals surface area (Å²) in [5.74, 6) is -0.545. The number of ether oxygens (including phenoxy) is 1. The molecule has 1 fully saturated rings. The minimum atomic E-state index is -0.591. The van der Waals surface area contributed by atoms with E-state index in [-0.39, 0.29) is 11.1 Å². The molecular weight excluding hydrogens is 285 g/mol. The average Bonchev–Trinajstić information content (AvgIpc) is 3.32. The van der Waals surface area contributed by atoms with Crippen LogP contribution in [0.4, 0.5) is 4.39 Å². The van der Waals surface area contributed by atoms with Gasteiger partial charge in [0.25, 0.3) is 5.56 Å². The summed E-state index contributed by atoms with van der Waals surface area (Å²) in [4.78, 5) is 23.4. The van der Waals surface area contributed by atoms with Crippen LogP contribution in [0.2, 0.25) is 0 Å². The zero-order chi connectivity index (χ0) is 15.7. The number of methoxy groups -OCH3 is 1. The topological polar surface area (TPSA) is 48.3 Å². The first kappa shape index (κ1) is 14.5. The van der Waals surface area contributed by atoms with E-state index < -0.39 is 11.8 Å². The molecule has 0 spiro atoms. The van der Waals surface area contributed by atoms with Crippen LogP contribution in [0, 0.1) is 11.7 Å². The summed E-state index contributed by atoms with van der Waals surface area (Å²) in [6, 6.07) is 7.15. The Morgan fingerprint density at radius 2 is 2.05 bits per heavy atom. The van der Waals surface area contributed by atoms with Crippen molar-refractivity contribution in [3.8, 4) is 11.1 Å². The van der Waals surface area contributed by atoms with Crippen LogP contribution in [-0.4, -0.2) is 17.6 Å². The molecule has 0 N–H and O–H groups in total. The number of benzene rings is 1. The third-order valence-corrected chi connectivity index (χ3v) is 3.79. The minimum Gasteiger partial charge on any atom is -0.465 e. The molecule has 1 aliphatic rings. The standard InChI is InChI=1S/C17H16FNO3/c1-22-17(21)14-6-13(7-15(18)8-14)12-4-5-16(20)19(10-12)9-11-2-3-11/h4-8,10-11H,2-3,9H2,1H3. The number of pyridine rings is 1. The molecule has 0 aliphatic heterocycles. The van der Waals surface area contributed by atoms with E-state index in [1.54, 1.807) is 22.9 Å². The molecular formula is C17H16FNO3. The highest BCUT2D eigenvalue weighted by Gasteiger charge is 2.22. The summed E-state index contributed by atoms with van der Waals surface area (Å²) in [5.41, 5.74) is 1.33. The van der Waals surface area contributed by atoms with Crippen molar-refractivity contribution < 1.29 is 13.9 Å². The van der Waals surface area contributed by atoms with E-state index in [0.717, 1.165) is 18.9 Å². The lowest BCUT2D eigenvalue weighted by Gasteiger charge is -2.09. The number of hydrogen-bond acceptors (Lipinski definition) is 3. The van der Waals surface area contributed by atoms with Gasteiger partial charge in [0, 0.05) is 18.8 Å². The highest BCUT2D eigenvalue weighted by atomic mass is 19.1. The largest absolute Gasteiger partial charge is 0.465 e. The molecule has 0 bridgehead atoms. The van der Waals surface area contributed by atoms with Gasteiger partial charge in [-0.25, -0.2) is 9.18 Å². The van der Waals surface area contributed by atoms with E-state index >= 15 is 0 Å². The van der Waals surface area contributed by atoms with Crippen molar-refractivity contribution in [3.05, 3.63) is 58.3 Å². The summed E-state index contributed by atoms with van der Waals surface area (Å²) in [5, 5.41) is 0. The van der Waals surface area contributed by atoms with Gasteiger partial charge < -0.3 is 9.30 Å². The van der Waals surface area contributed by atoms with Gasteiger partial charge in [-0.15, -0.1) is 0 Å². The fraction of sp³-hybridized carbons (Fsp3) is 0.294. The first-order valence-electron chi connectivity index (χ1n) is 7.16. The van der Waals surface area contributed by atoms with Crippen LogP contribution < -0.4 is 5.56 Å². The van der Waals surface area contributed by atoms with Gasteiger partial charge in [-0.05, 0) is 54.2 Å². The third kappa shape index (κ3) is 3.08. The minimum absolute atomic E-state index is 0.0692. The second-order valence-electron chi connectivity index (χ2n) is 5.57. The highest BCUT2D eigenvalue weighted by molar-refractivity contribution is 5.91. The van der Waals surface area contributed by atoms with Gasteiger partial charge in [-0.3, -0.25) is 4.79 Å². The van der Waals surface area contributed by atoms with Crippen molar-refractivity contribution in [2.24, 2.45) is 5.92 Å². The maximum atomic E-state index is 13.7. The monoisotopic (exact) mass is 301 g/mol. The van der Waals surface area contributed by atoms with Crippen LogP contribution in [0.5, 0.6) is 0 Å². The number of rotatable bonds is 4. The zero-order valence-electron chi connectivity index (χ0n) is 12.2. The molecule has 4 nitrogen and oxygen atoms in total. The molecule has 0 atom stereocenters. The molecule has 0 unspecified atom stereocenters. The predicted octanol–water partition coefficient (Wildman–Crippen LogP) is 2.85. The number of hydrogen-bond donors (Lipinski definition) is 0. The van der Waals surface area contributed by atoms with Crippen LogP contribution in [0.15, 0.2) is 41.3 Å². The molecule has 1 saturated carbocycles. The van der Waals surface area contributed by atoms with Crippen molar-refractivity contribution in [1.29, 1.82) is 0 Å². The molecule has 1 aromatic heterocycles. The molecule has 22 heavy (non-hydrogen) atoms. The van der Waals surface area contributed by atoms with Crippen molar-refractivity contribution in [2.45, 2.75) is 19.4 Å². The smallest absolute Gasteiger partial charge is 0.337 e. The fourth-order valence-electron chi connectivity index (χ4n) is 2.42. The van der Waals surface area contributed by atoms with E-state index in [1.165, 1.54) is 19.2 Å². The SMILES string of the molecule is COC(=O)c1cc(F)cc(-c2ccc(=O)n(CC3CC3)c2)c1. The van der Waals surface area contributed by atoms with Gasteiger partial charge in [0.2, 0.25) is 0 Å². The lowest BCUT2D eigenvalue weighted by atomic mass is 10.0. The molecule has 0 radical (unpaired) electrons. The molecule has 0 amide bonds. The van der Waals surface area contributed by atoms with Crippen molar-refractivity contribution >= 4 is 5.97 Å². The van der Waals surface area contributed by atoms with Crippen LogP contribution in [-0.2, 0) is 11.3 Å². The molecule has 1 aromatic carbocycles. The Balaban J connectivity index is 2.01. The molecule has 1 aliphatic carbocycles. The molecule has 1 heterocycles. The molecule has 5 heteroatoms. The number of nitrogens with zero attached hydrogens (tertiary/aromatic N) is 1. The number of aromatic nitrogens is 1. The lowest BCUT2D eigenvalue weighted by molar-refractivity contribution is 0.0600. The van der Waals surface area contributed by atoms with E-state index in [1.807, 2.05) is 0 Å². The predicted molar refractivity (Wildman–Crippen MR) is 80.2 cm³/mol. The van der Waals surface area contributed by atoms with Crippen LogP contribution in [0.25, 0.3) is 11.1 Å². The van der Waals surface area contributed by atoms with Gasteiger partial charge in [-0.2, -0.15) is 0 Å². The molecule has 2 aromatic rings. The van der Waals surface area contributed by atoms with Crippen LogP contribution in [0.1, 0.15) is 23.2 Å². The maximum Gasteiger partial charge on any atom is 0.337 e. The third-order valence-electron chi connectivity index (χ3n) is 3.79. The van der Waals surface area contributed by atoms with E-state index in [9.17, 15) is 14.0 Å². The average molecular weight is 301 g/mol. The fourth-order valence-corrected chi connectivity index (χ4v) is 2.42. The molecule has 0 saturated heterocycles. The second kappa shape index (κ2) is 5.75. The molecule has 114 valence electrons. The van der Waals surface area contributed by atoms with Gasteiger partial charge >= 0.3 is 5.97 Å². The number of halogens is 1. The van der Waals surface area contributed by atoms with Gasteiger partial charge in [-0.1, -0.05) is 0 Å². The van der Waals surface area contributed by atoms with Gasteiger partial charge in [0.15, 0.2) is 0 Å². The number of esters is 1. The maximum absolute atomic E-state index is 13.7. The van der Waals surface area contributed by atoms with Crippen molar-refractivity contribution in [2.75, 3.05) is 7.11 Å². The Kier molecular flexibility index (Phi) is 3.79.